The van der Waals surface area contributed by atoms with Gasteiger partial charge in [-0.15, -0.1) is 34.9 Å². The zero-order valence-corrected chi connectivity index (χ0v) is 26.8. The fourth-order valence-corrected chi connectivity index (χ4v) is 5.20. The maximum atomic E-state index is 10.0. The molecule has 0 aliphatic rings. The third-order valence-electron chi connectivity index (χ3n) is 7.12. The van der Waals surface area contributed by atoms with Crippen molar-refractivity contribution in [2.24, 2.45) is 0 Å². The first-order valence-electron chi connectivity index (χ1n) is 13.9. The van der Waals surface area contributed by atoms with Crippen LogP contribution in [-0.4, -0.2) is 19.6 Å². The summed E-state index contributed by atoms with van der Waals surface area (Å²) in [4.78, 5) is 9.30. The number of phenols is 1. The van der Waals surface area contributed by atoms with Crippen LogP contribution < -0.4 is 0 Å². The van der Waals surface area contributed by atoms with Gasteiger partial charge in [0.05, 0.1) is 16.6 Å². The molecule has 6 rings (SSSR count). The van der Waals surface area contributed by atoms with Gasteiger partial charge in [0.15, 0.2) is 0 Å². The van der Waals surface area contributed by atoms with E-state index in [1.165, 1.54) is 21.9 Å². The van der Waals surface area contributed by atoms with Gasteiger partial charge in [0.2, 0.25) is 0 Å². The summed E-state index contributed by atoms with van der Waals surface area (Å²) >= 11 is 0. The minimum Gasteiger partial charge on any atom is -0.507 e. The van der Waals surface area contributed by atoms with Crippen LogP contribution in [0.2, 0.25) is 0 Å². The normalized spacial score (nSPS) is 11.0. The maximum absolute atomic E-state index is 10.0. The second-order valence-corrected chi connectivity index (χ2v) is 11.0. The van der Waals surface area contributed by atoms with Gasteiger partial charge in [-0.2, -0.15) is 0 Å². The van der Waals surface area contributed by atoms with Crippen LogP contribution in [0.15, 0.2) is 91.1 Å². The first-order chi connectivity index (χ1) is 19.2. The molecule has 0 amide bonds. The number of phenolic OH excluding ortho intramolecular Hbond substituents is 1. The fraction of sp³-hybridized carbons (Fsp3) is 0.222. The van der Waals surface area contributed by atoms with Gasteiger partial charge in [0, 0.05) is 32.3 Å². The molecule has 0 spiro atoms. The molecule has 5 heteroatoms. The Bertz CT molecular complexity index is 1780. The Hall–Kier alpha value is -3.79. The van der Waals surface area contributed by atoms with Crippen molar-refractivity contribution in [1.82, 2.24) is 14.5 Å². The largest absolute Gasteiger partial charge is 0.507 e. The summed E-state index contributed by atoms with van der Waals surface area (Å²) in [7, 11) is 0. The molecule has 2 aromatic heterocycles. The first kappa shape index (κ1) is 30.2. The van der Waals surface area contributed by atoms with Crippen LogP contribution in [0.25, 0.3) is 44.5 Å². The van der Waals surface area contributed by atoms with E-state index in [9.17, 15) is 5.11 Å². The number of aromatic nitrogens is 3. The number of benzene rings is 4. The minimum atomic E-state index is 0. The minimum absolute atomic E-state index is 0. The molecule has 0 saturated carbocycles. The van der Waals surface area contributed by atoms with E-state index >= 15 is 0 Å². The van der Waals surface area contributed by atoms with Crippen molar-refractivity contribution in [2.75, 3.05) is 0 Å². The molecule has 4 aromatic carbocycles. The van der Waals surface area contributed by atoms with E-state index in [-0.39, 0.29) is 31.9 Å². The predicted octanol–water partition coefficient (Wildman–Crippen LogP) is 9.43. The molecule has 0 fully saturated rings. The van der Waals surface area contributed by atoms with Gasteiger partial charge in [0.25, 0.3) is 0 Å². The van der Waals surface area contributed by atoms with E-state index in [0.29, 0.717) is 5.92 Å². The van der Waals surface area contributed by atoms with E-state index in [4.69, 9.17) is 0 Å². The van der Waals surface area contributed by atoms with Crippen LogP contribution in [0.3, 0.4) is 0 Å². The molecular weight excluding hydrogens is 683 g/mol. The Morgan fingerprint density at radius 3 is 2.27 bits per heavy atom. The van der Waals surface area contributed by atoms with Crippen LogP contribution in [0.4, 0.5) is 0 Å². The van der Waals surface area contributed by atoms with Crippen molar-refractivity contribution in [3.63, 3.8) is 0 Å². The molecule has 6 aromatic rings. The first-order valence-corrected chi connectivity index (χ1v) is 13.9. The summed E-state index contributed by atoms with van der Waals surface area (Å²) in [5.74, 6) is 1.60. The topological polar surface area (TPSA) is 50.9 Å². The molecular formula is C36H36IrN3O-. The van der Waals surface area contributed by atoms with E-state index in [0.717, 1.165) is 39.2 Å². The maximum Gasteiger partial charge on any atom is 0.145 e. The Labute approximate surface area is 256 Å². The predicted molar refractivity (Wildman–Crippen MR) is 167 cm³/mol. The molecule has 0 bridgehead atoms. The number of aromatic hydroxyl groups is 1. The number of nitrogens with zero attached hydrogens (tertiary/aromatic N) is 3. The molecule has 1 radical (unpaired) electrons. The van der Waals surface area contributed by atoms with Gasteiger partial charge in [-0.1, -0.05) is 70.2 Å². The fourth-order valence-electron chi connectivity index (χ4n) is 5.20. The van der Waals surface area contributed by atoms with Crippen molar-refractivity contribution in [3.05, 3.63) is 114 Å². The molecule has 211 valence electrons. The van der Waals surface area contributed by atoms with Crippen molar-refractivity contribution in [1.29, 1.82) is 0 Å². The molecule has 4 nitrogen and oxygen atoms in total. The SMILES string of the molecule is CC(C)n1c(-c2ccccc2O)nc2ccccc21.Cc1[c-]c(-c2nccc3ccc(C(C)C)cc23)cc(C)c1.[Ir]. The zero-order chi connectivity index (χ0) is 28.4. The van der Waals surface area contributed by atoms with Crippen LogP contribution in [0, 0.1) is 19.9 Å². The van der Waals surface area contributed by atoms with Gasteiger partial charge in [-0.25, -0.2) is 4.98 Å². The van der Waals surface area contributed by atoms with Crippen LogP contribution >= 0.6 is 0 Å². The van der Waals surface area contributed by atoms with Gasteiger partial charge in [-0.3, -0.25) is 0 Å². The molecule has 1 N–H and O–H groups in total. The summed E-state index contributed by atoms with van der Waals surface area (Å²) in [6, 6.07) is 32.2. The number of hydrogen-bond donors (Lipinski definition) is 1. The Morgan fingerprint density at radius 1 is 0.829 bits per heavy atom. The summed E-state index contributed by atoms with van der Waals surface area (Å²) in [5.41, 5.74) is 8.68. The number of imidazole rings is 1. The van der Waals surface area contributed by atoms with Crippen LogP contribution in [-0.2, 0) is 20.1 Å². The van der Waals surface area contributed by atoms with Crippen molar-refractivity contribution >= 4 is 21.8 Å². The average Bonchev–Trinajstić information content (AvgIpc) is 3.32. The van der Waals surface area contributed by atoms with Gasteiger partial charge in [-0.05, 0) is 72.1 Å². The molecule has 2 heterocycles. The van der Waals surface area contributed by atoms with Gasteiger partial charge in [0.1, 0.15) is 11.6 Å². The molecule has 41 heavy (non-hydrogen) atoms. The Kier molecular flexibility index (Phi) is 9.42. The van der Waals surface area contributed by atoms with E-state index in [1.807, 2.05) is 42.6 Å². The van der Waals surface area contributed by atoms with Crippen molar-refractivity contribution in [3.8, 4) is 28.4 Å². The number of aryl methyl sites for hydroxylation is 2. The van der Waals surface area contributed by atoms with Crippen molar-refractivity contribution < 1.29 is 25.2 Å². The van der Waals surface area contributed by atoms with E-state index in [2.05, 4.69) is 105 Å². The summed E-state index contributed by atoms with van der Waals surface area (Å²) < 4.78 is 2.16. The standard InChI is InChI=1S/C20H20N.C16H16N2O.Ir/c1-13(2)17-6-5-16-7-8-21-20(19(16)12-17)18-10-14(3)9-15(4)11-18;1-11(2)18-14-9-5-4-8-13(14)17-16(18)12-7-3-6-10-15(12)19;/h5-10,12-13H,1-4H3;3-11,19H,1-2H3;/q-1;;. The summed E-state index contributed by atoms with van der Waals surface area (Å²) in [6.45, 7) is 12.9. The number of para-hydroxylation sites is 3. The molecule has 0 aliphatic carbocycles. The number of fused-ring (bicyclic) bond motifs is 2. The molecule has 0 atom stereocenters. The number of pyridine rings is 1. The van der Waals surface area contributed by atoms with Gasteiger partial charge >= 0.3 is 0 Å². The molecule has 0 unspecified atom stereocenters. The van der Waals surface area contributed by atoms with Crippen molar-refractivity contribution in [2.45, 2.75) is 53.5 Å². The molecule has 0 aliphatic heterocycles. The number of rotatable bonds is 4. The van der Waals surface area contributed by atoms with E-state index < -0.39 is 0 Å². The smallest absolute Gasteiger partial charge is 0.145 e. The third kappa shape index (κ3) is 6.43. The Morgan fingerprint density at radius 2 is 1.56 bits per heavy atom. The van der Waals surface area contributed by atoms with Crippen LogP contribution in [0.1, 0.15) is 56.3 Å². The zero-order valence-electron chi connectivity index (χ0n) is 24.4. The summed E-state index contributed by atoms with van der Waals surface area (Å²) in [5, 5.41) is 12.5. The van der Waals surface area contributed by atoms with E-state index in [1.54, 1.807) is 6.07 Å². The quantitative estimate of drug-likeness (QED) is 0.185. The van der Waals surface area contributed by atoms with Gasteiger partial charge < -0.3 is 14.7 Å². The monoisotopic (exact) mass is 719 g/mol. The molecule has 0 saturated heterocycles. The average molecular weight is 719 g/mol. The third-order valence-corrected chi connectivity index (χ3v) is 7.12. The summed E-state index contributed by atoms with van der Waals surface area (Å²) in [6.07, 6.45) is 1.89. The Balaban J connectivity index is 0.000000185. The van der Waals surface area contributed by atoms with Crippen LogP contribution in [0.5, 0.6) is 5.75 Å². The number of hydrogen-bond acceptors (Lipinski definition) is 3. The second-order valence-electron chi connectivity index (χ2n) is 11.0. The second kappa shape index (κ2) is 12.8.